The maximum atomic E-state index is 13.2. The van der Waals surface area contributed by atoms with Gasteiger partial charge in [0, 0.05) is 6.54 Å². The number of amides is 2. The van der Waals surface area contributed by atoms with Gasteiger partial charge in [0.25, 0.3) is 5.91 Å². The summed E-state index contributed by atoms with van der Waals surface area (Å²) in [6.07, 6.45) is 3.61. The lowest BCUT2D eigenvalue weighted by molar-refractivity contribution is -0.142. The minimum Gasteiger partial charge on any atom is -0.278 e. The Balaban J connectivity index is 2.10. The molecule has 1 spiro atoms. The molecule has 4 aliphatic carbocycles. The average molecular weight is 395 g/mol. The molecule has 4 atom stereocenters. The van der Waals surface area contributed by atoms with Crippen molar-refractivity contribution < 1.29 is 9.59 Å². The first-order valence-electron chi connectivity index (χ1n) is 7.86. The van der Waals surface area contributed by atoms with Crippen LogP contribution in [-0.4, -0.2) is 28.1 Å². The maximum Gasteiger partial charge on any atom is 0.259 e. The second kappa shape index (κ2) is 4.91. The zero-order chi connectivity index (χ0) is 16.7. The molecule has 1 aliphatic heterocycles. The van der Waals surface area contributed by atoms with Gasteiger partial charge in [-0.15, -0.1) is 11.6 Å². The number of allylic oxidation sites excluding steroid dienone is 2. The average Bonchev–Trinajstić information content (AvgIpc) is 2.78. The van der Waals surface area contributed by atoms with Crippen LogP contribution in [0.15, 0.2) is 20.7 Å². The van der Waals surface area contributed by atoms with Crippen LogP contribution in [0.2, 0.25) is 0 Å². The van der Waals surface area contributed by atoms with E-state index < -0.39 is 10.3 Å². The maximum absolute atomic E-state index is 13.2. The molecule has 0 unspecified atom stereocenters. The Morgan fingerprint density at radius 1 is 1.04 bits per heavy atom. The van der Waals surface area contributed by atoms with Crippen molar-refractivity contribution in [3.8, 4) is 0 Å². The SMILES string of the molecule is CCN1C(=O)C2=C(Cl)[C@@]3(Cl)C(Cl)=C(Cl)[C@]2(C1=O)[C@H]1CCCC[C@@H]13. The molecule has 5 rings (SSSR count). The van der Waals surface area contributed by atoms with Gasteiger partial charge in [0.05, 0.1) is 20.7 Å². The molecule has 0 radical (unpaired) electrons. The van der Waals surface area contributed by atoms with E-state index in [2.05, 4.69) is 0 Å². The van der Waals surface area contributed by atoms with Gasteiger partial charge in [-0.25, -0.2) is 0 Å². The monoisotopic (exact) mass is 393 g/mol. The Morgan fingerprint density at radius 2 is 1.65 bits per heavy atom. The molecule has 0 aromatic heterocycles. The lowest BCUT2D eigenvalue weighted by atomic mass is 9.50. The van der Waals surface area contributed by atoms with Crippen molar-refractivity contribution in [2.45, 2.75) is 37.5 Å². The summed E-state index contributed by atoms with van der Waals surface area (Å²) in [5.41, 5.74) is -0.955. The predicted octanol–water partition coefficient (Wildman–Crippen LogP) is 4.35. The summed E-state index contributed by atoms with van der Waals surface area (Å²) in [7, 11) is 0. The molecule has 0 aromatic carbocycles. The summed E-state index contributed by atoms with van der Waals surface area (Å²) in [5.74, 6) is -0.859. The van der Waals surface area contributed by atoms with Gasteiger partial charge in [0.1, 0.15) is 10.3 Å². The van der Waals surface area contributed by atoms with Crippen LogP contribution in [0.5, 0.6) is 0 Å². The number of carbonyl (C=O) groups is 2. The molecule has 3 nitrogen and oxygen atoms in total. The number of carbonyl (C=O) groups excluding carboxylic acids is 2. The van der Waals surface area contributed by atoms with Gasteiger partial charge in [-0.1, -0.05) is 47.6 Å². The van der Waals surface area contributed by atoms with Crippen LogP contribution in [0.1, 0.15) is 32.6 Å². The molecule has 2 amide bonds. The number of nitrogens with zero attached hydrogens (tertiary/aromatic N) is 1. The number of rotatable bonds is 1. The van der Waals surface area contributed by atoms with Gasteiger partial charge in [0.15, 0.2) is 0 Å². The largest absolute Gasteiger partial charge is 0.278 e. The number of hydrogen-bond acceptors (Lipinski definition) is 2. The molecule has 0 N–H and O–H groups in total. The van der Waals surface area contributed by atoms with Gasteiger partial charge in [-0.05, 0) is 31.6 Å². The van der Waals surface area contributed by atoms with E-state index in [1.54, 1.807) is 6.92 Å². The first kappa shape index (κ1) is 16.3. The third-order valence-electron chi connectivity index (χ3n) is 5.98. The number of imide groups is 1. The second-order valence-corrected chi connectivity index (χ2v) is 8.42. The second-order valence-electron chi connectivity index (χ2n) is 6.69. The number of halogens is 4. The lowest BCUT2D eigenvalue weighted by Crippen LogP contribution is -2.59. The number of hydrogen-bond donors (Lipinski definition) is 0. The van der Waals surface area contributed by atoms with Gasteiger partial charge in [-0.2, -0.15) is 0 Å². The fourth-order valence-electron chi connectivity index (χ4n) is 5.04. The quantitative estimate of drug-likeness (QED) is 0.489. The van der Waals surface area contributed by atoms with Crippen molar-refractivity contribution in [1.29, 1.82) is 0 Å². The summed E-state index contributed by atoms with van der Waals surface area (Å²) in [4.78, 5) is 26.1. The molecule has 2 bridgehead atoms. The van der Waals surface area contributed by atoms with Crippen LogP contribution in [0, 0.1) is 17.3 Å². The normalized spacial score (nSPS) is 42.6. The molecule has 1 saturated carbocycles. The highest BCUT2D eigenvalue weighted by molar-refractivity contribution is 6.53. The third-order valence-corrected chi connectivity index (χ3v) is 8.39. The standard InChI is InChI=1S/C16H15Cl4NO2/c1-2-21-13(22)9-10(17)16(20)8-6-4-3-5-7(8)15(9,14(21)23)11(18)12(16)19/h7-8H,2-6H2,1H3/t7-,8-,15-,16+/m0/s1. The van der Waals surface area contributed by atoms with Gasteiger partial charge >= 0.3 is 0 Å². The summed E-state index contributed by atoms with van der Waals surface area (Å²) < 4.78 is 0. The van der Waals surface area contributed by atoms with Crippen molar-refractivity contribution in [3.05, 3.63) is 20.7 Å². The van der Waals surface area contributed by atoms with E-state index in [0.717, 1.165) is 25.7 Å². The van der Waals surface area contributed by atoms with E-state index in [-0.39, 0.29) is 50.9 Å². The van der Waals surface area contributed by atoms with Crippen LogP contribution in [0.3, 0.4) is 0 Å². The van der Waals surface area contributed by atoms with Crippen molar-refractivity contribution in [3.63, 3.8) is 0 Å². The smallest absolute Gasteiger partial charge is 0.259 e. The Kier molecular flexibility index (Phi) is 3.47. The highest BCUT2D eigenvalue weighted by Crippen LogP contribution is 2.72. The lowest BCUT2D eigenvalue weighted by Gasteiger charge is -2.57. The van der Waals surface area contributed by atoms with Crippen LogP contribution in [0.4, 0.5) is 0 Å². The molecule has 23 heavy (non-hydrogen) atoms. The summed E-state index contributed by atoms with van der Waals surface area (Å²) in [6.45, 7) is 2.04. The zero-order valence-electron chi connectivity index (χ0n) is 12.5. The fraction of sp³-hybridized carbons (Fsp3) is 0.625. The van der Waals surface area contributed by atoms with Crippen LogP contribution in [0.25, 0.3) is 0 Å². The van der Waals surface area contributed by atoms with Crippen molar-refractivity contribution in [1.82, 2.24) is 4.90 Å². The van der Waals surface area contributed by atoms with Crippen LogP contribution < -0.4 is 0 Å². The Hall–Kier alpha value is -0.220. The molecule has 7 heteroatoms. The highest BCUT2D eigenvalue weighted by atomic mass is 35.5. The number of alkyl halides is 1. The van der Waals surface area contributed by atoms with E-state index in [0.29, 0.717) is 0 Å². The number of likely N-dealkylation sites (tertiary alicyclic amines) is 1. The number of likely N-dealkylation sites (N-methyl/N-ethyl adjacent to an activating group) is 1. The Bertz CT molecular complexity index is 715. The van der Waals surface area contributed by atoms with E-state index in [9.17, 15) is 9.59 Å². The van der Waals surface area contributed by atoms with E-state index in [1.165, 1.54) is 4.90 Å². The zero-order valence-corrected chi connectivity index (χ0v) is 15.5. The van der Waals surface area contributed by atoms with Crippen molar-refractivity contribution in [2.24, 2.45) is 17.3 Å². The minimum absolute atomic E-state index is 0.0716. The van der Waals surface area contributed by atoms with Gasteiger partial charge in [0.2, 0.25) is 5.91 Å². The molecule has 2 fully saturated rings. The Labute approximate surface area is 154 Å². The molecule has 124 valence electrons. The molecule has 1 saturated heterocycles. The summed E-state index contributed by atoms with van der Waals surface area (Å²) >= 11 is 26.6. The van der Waals surface area contributed by atoms with Crippen molar-refractivity contribution >= 4 is 58.2 Å². The summed E-state index contributed by atoms with van der Waals surface area (Å²) in [5, 5.41) is 0.619. The molecular formula is C16H15Cl4NO2. The predicted molar refractivity (Wildman–Crippen MR) is 90.5 cm³/mol. The van der Waals surface area contributed by atoms with Crippen LogP contribution in [-0.2, 0) is 9.59 Å². The fourth-order valence-corrected chi connectivity index (χ4v) is 6.90. The minimum atomic E-state index is -1.22. The first-order valence-corrected chi connectivity index (χ1v) is 9.37. The topological polar surface area (TPSA) is 37.4 Å². The molecular weight excluding hydrogens is 380 g/mol. The van der Waals surface area contributed by atoms with E-state index in [1.807, 2.05) is 0 Å². The molecule has 0 aromatic rings. The Morgan fingerprint density at radius 3 is 2.26 bits per heavy atom. The molecule has 5 aliphatic rings. The van der Waals surface area contributed by atoms with E-state index in [4.69, 9.17) is 46.4 Å². The van der Waals surface area contributed by atoms with E-state index >= 15 is 0 Å². The van der Waals surface area contributed by atoms with Crippen molar-refractivity contribution in [2.75, 3.05) is 6.54 Å². The molecule has 1 heterocycles. The van der Waals surface area contributed by atoms with Gasteiger partial charge in [-0.3, -0.25) is 14.5 Å². The third kappa shape index (κ3) is 1.52. The highest BCUT2D eigenvalue weighted by Gasteiger charge is 2.74. The van der Waals surface area contributed by atoms with Crippen LogP contribution >= 0.6 is 46.4 Å². The van der Waals surface area contributed by atoms with Gasteiger partial charge < -0.3 is 0 Å². The summed E-state index contributed by atoms with van der Waals surface area (Å²) in [6, 6.07) is 0. The first-order chi connectivity index (χ1) is 10.8.